The largest absolute Gasteiger partial charge is 0.507 e. The summed E-state index contributed by atoms with van der Waals surface area (Å²) >= 11 is 0. The number of aryl methyl sites for hydroxylation is 1. The molecular formula is C14H16N2O4. The highest BCUT2D eigenvalue weighted by Crippen LogP contribution is 2.23. The van der Waals surface area contributed by atoms with Crippen molar-refractivity contribution in [2.75, 3.05) is 7.11 Å². The second-order valence-corrected chi connectivity index (χ2v) is 4.39. The minimum atomic E-state index is -0.426. The summed E-state index contributed by atoms with van der Waals surface area (Å²) in [7, 11) is 1.49. The van der Waals surface area contributed by atoms with E-state index in [1.807, 2.05) is 0 Å². The van der Waals surface area contributed by atoms with E-state index < -0.39 is 11.9 Å². The molecule has 6 heteroatoms. The first-order chi connectivity index (χ1) is 9.51. The Morgan fingerprint density at radius 3 is 2.85 bits per heavy atom. The van der Waals surface area contributed by atoms with Gasteiger partial charge in [0.05, 0.1) is 18.9 Å². The van der Waals surface area contributed by atoms with Crippen LogP contribution in [0.15, 0.2) is 28.8 Å². The van der Waals surface area contributed by atoms with E-state index in [1.54, 1.807) is 26.1 Å². The number of hydrogen-bond donors (Lipinski definition) is 2. The Bertz CT molecular complexity index is 621. The fourth-order valence-corrected chi connectivity index (χ4v) is 1.73. The van der Waals surface area contributed by atoms with Gasteiger partial charge in [0.1, 0.15) is 23.3 Å². The fourth-order valence-electron chi connectivity index (χ4n) is 1.73. The van der Waals surface area contributed by atoms with Crippen molar-refractivity contribution < 1.29 is 19.1 Å². The molecule has 1 amide bonds. The lowest BCUT2D eigenvalue weighted by Gasteiger charge is -2.12. The number of carbonyl (C=O) groups excluding carboxylic acids is 1. The van der Waals surface area contributed by atoms with Crippen molar-refractivity contribution in [3.63, 3.8) is 0 Å². The van der Waals surface area contributed by atoms with Gasteiger partial charge in [0.2, 0.25) is 5.89 Å². The topological polar surface area (TPSA) is 84.6 Å². The molecular weight excluding hydrogens is 260 g/mol. The summed E-state index contributed by atoms with van der Waals surface area (Å²) < 4.78 is 10.4. The molecule has 1 aromatic heterocycles. The Morgan fingerprint density at radius 1 is 1.50 bits per heavy atom. The zero-order valence-corrected chi connectivity index (χ0v) is 11.5. The molecule has 0 aliphatic carbocycles. The van der Waals surface area contributed by atoms with Gasteiger partial charge >= 0.3 is 0 Å². The number of amides is 1. The molecule has 106 valence electrons. The number of methoxy groups -OCH3 is 1. The Kier molecular flexibility index (Phi) is 3.93. The molecule has 0 aliphatic rings. The molecule has 20 heavy (non-hydrogen) atoms. The highest BCUT2D eigenvalue weighted by Gasteiger charge is 2.18. The van der Waals surface area contributed by atoms with Crippen LogP contribution in [0.5, 0.6) is 11.5 Å². The average Bonchev–Trinajstić information content (AvgIpc) is 2.86. The van der Waals surface area contributed by atoms with Crippen molar-refractivity contribution in [2.24, 2.45) is 0 Å². The van der Waals surface area contributed by atoms with Gasteiger partial charge in [0, 0.05) is 0 Å². The lowest BCUT2D eigenvalue weighted by atomic mass is 10.1. The number of aromatic nitrogens is 1. The maximum atomic E-state index is 12.1. The fraction of sp³-hybridized carbons (Fsp3) is 0.286. The number of phenols is 1. The van der Waals surface area contributed by atoms with Gasteiger partial charge < -0.3 is 19.6 Å². The monoisotopic (exact) mass is 276 g/mol. The van der Waals surface area contributed by atoms with Gasteiger partial charge in [0.15, 0.2) is 0 Å². The number of nitrogens with zero attached hydrogens (tertiary/aromatic N) is 1. The van der Waals surface area contributed by atoms with Crippen molar-refractivity contribution in [1.82, 2.24) is 10.3 Å². The van der Waals surface area contributed by atoms with E-state index in [-0.39, 0.29) is 11.3 Å². The molecule has 1 aromatic carbocycles. The van der Waals surface area contributed by atoms with Crippen LogP contribution >= 0.6 is 0 Å². The SMILES string of the molecule is COc1ccc(O)c(C(=O)NC(C)c2ncc(C)o2)c1. The Balaban J connectivity index is 2.15. The van der Waals surface area contributed by atoms with E-state index in [9.17, 15) is 9.90 Å². The van der Waals surface area contributed by atoms with E-state index in [0.29, 0.717) is 17.4 Å². The van der Waals surface area contributed by atoms with Crippen LogP contribution in [-0.2, 0) is 0 Å². The van der Waals surface area contributed by atoms with Crippen LogP contribution in [0.4, 0.5) is 0 Å². The lowest BCUT2D eigenvalue weighted by Crippen LogP contribution is -2.26. The number of oxazole rings is 1. The second kappa shape index (κ2) is 5.64. The maximum absolute atomic E-state index is 12.1. The molecule has 0 saturated carbocycles. The van der Waals surface area contributed by atoms with Gasteiger partial charge in [-0.15, -0.1) is 0 Å². The zero-order valence-electron chi connectivity index (χ0n) is 11.5. The molecule has 0 bridgehead atoms. The molecule has 2 aromatic rings. The Hall–Kier alpha value is -2.50. The minimum absolute atomic E-state index is 0.112. The zero-order chi connectivity index (χ0) is 14.7. The summed E-state index contributed by atoms with van der Waals surface area (Å²) in [5.74, 6) is 1.04. The van der Waals surface area contributed by atoms with Crippen molar-refractivity contribution in [3.8, 4) is 11.5 Å². The third-order valence-electron chi connectivity index (χ3n) is 2.81. The molecule has 0 fully saturated rings. The van der Waals surface area contributed by atoms with E-state index in [2.05, 4.69) is 10.3 Å². The van der Waals surface area contributed by atoms with Gasteiger partial charge in [-0.1, -0.05) is 0 Å². The molecule has 2 rings (SSSR count). The first-order valence-corrected chi connectivity index (χ1v) is 6.11. The third-order valence-corrected chi connectivity index (χ3v) is 2.81. The molecule has 1 heterocycles. The van der Waals surface area contributed by atoms with E-state index in [4.69, 9.17) is 9.15 Å². The van der Waals surface area contributed by atoms with Gasteiger partial charge in [-0.3, -0.25) is 4.79 Å². The summed E-state index contributed by atoms with van der Waals surface area (Å²) in [6.07, 6.45) is 1.58. The minimum Gasteiger partial charge on any atom is -0.507 e. The first kappa shape index (κ1) is 13.9. The van der Waals surface area contributed by atoms with Gasteiger partial charge in [-0.05, 0) is 32.0 Å². The van der Waals surface area contributed by atoms with E-state index in [0.717, 1.165) is 0 Å². The van der Waals surface area contributed by atoms with Crippen molar-refractivity contribution in [3.05, 3.63) is 41.6 Å². The molecule has 2 N–H and O–H groups in total. The molecule has 1 unspecified atom stereocenters. The van der Waals surface area contributed by atoms with Crippen molar-refractivity contribution in [1.29, 1.82) is 0 Å². The van der Waals surface area contributed by atoms with Crippen LogP contribution in [0.25, 0.3) is 0 Å². The van der Waals surface area contributed by atoms with Gasteiger partial charge in [0.25, 0.3) is 5.91 Å². The maximum Gasteiger partial charge on any atom is 0.255 e. The van der Waals surface area contributed by atoms with Crippen LogP contribution in [0.2, 0.25) is 0 Å². The summed E-state index contributed by atoms with van der Waals surface area (Å²) in [6, 6.07) is 4.06. The normalized spacial score (nSPS) is 11.9. The number of rotatable bonds is 4. The number of hydrogen-bond acceptors (Lipinski definition) is 5. The third kappa shape index (κ3) is 2.90. The highest BCUT2D eigenvalue weighted by molar-refractivity contribution is 5.97. The Labute approximate surface area is 116 Å². The predicted molar refractivity (Wildman–Crippen MR) is 71.8 cm³/mol. The molecule has 0 aliphatic heterocycles. The number of phenolic OH excluding ortho intramolecular Hbond substituents is 1. The Morgan fingerprint density at radius 2 is 2.25 bits per heavy atom. The average molecular weight is 276 g/mol. The number of benzene rings is 1. The van der Waals surface area contributed by atoms with Crippen LogP contribution in [-0.4, -0.2) is 23.1 Å². The summed E-state index contributed by atoms with van der Waals surface area (Å²) in [4.78, 5) is 16.2. The molecule has 0 saturated heterocycles. The van der Waals surface area contributed by atoms with Crippen LogP contribution in [0, 0.1) is 6.92 Å². The van der Waals surface area contributed by atoms with Crippen molar-refractivity contribution in [2.45, 2.75) is 19.9 Å². The van der Waals surface area contributed by atoms with Gasteiger partial charge in [-0.2, -0.15) is 0 Å². The molecule has 0 spiro atoms. The molecule has 6 nitrogen and oxygen atoms in total. The van der Waals surface area contributed by atoms with Crippen LogP contribution in [0.3, 0.4) is 0 Å². The van der Waals surface area contributed by atoms with Crippen LogP contribution in [0.1, 0.15) is 35.0 Å². The smallest absolute Gasteiger partial charge is 0.255 e. The quantitative estimate of drug-likeness (QED) is 0.894. The molecule has 0 radical (unpaired) electrons. The number of carbonyl (C=O) groups is 1. The summed E-state index contributed by atoms with van der Waals surface area (Å²) in [5.41, 5.74) is 0.138. The van der Waals surface area contributed by atoms with Gasteiger partial charge in [-0.25, -0.2) is 4.98 Å². The van der Waals surface area contributed by atoms with Crippen LogP contribution < -0.4 is 10.1 Å². The predicted octanol–water partition coefficient (Wildman–Crippen LogP) is 2.19. The number of ether oxygens (including phenoxy) is 1. The number of nitrogens with one attached hydrogen (secondary N) is 1. The molecule has 1 atom stereocenters. The van der Waals surface area contributed by atoms with E-state index in [1.165, 1.54) is 19.2 Å². The standard InChI is InChI=1S/C14H16N2O4/c1-8-7-15-14(20-8)9(2)16-13(18)11-6-10(19-3)4-5-12(11)17/h4-7,9,17H,1-3H3,(H,16,18). The lowest BCUT2D eigenvalue weighted by molar-refractivity contribution is 0.0931. The van der Waals surface area contributed by atoms with Crippen molar-refractivity contribution >= 4 is 5.91 Å². The first-order valence-electron chi connectivity index (χ1n) is 6.11. The second-order valence-electron chi connectivity index (χ2n) is 4.39. The number of aromatic hydroxyl groups is 1. The summed E-state index contributed by atoms with van der Waals surface area (Å²) in [5, 5.41) is 12.4. The summed E-state index contributed by atoms with van der Waals surface area (Å²) in [6.45, 7) is 3.53. The highest BCUT2D eigenvalue weighted by atomic mass is 16.5. The van der Waals surface area contributed by atoms with E-state index >= 15 is 0 Å².